The summed E-state index contributed by atoms with van der Waals surface area (Å²) in [5.41, 5.74) is 0. The second kappa shape index (κ2) is 34.3. The molecule has 1 aliphatic rings. The van der Waals surface area contributed by atoms with Gasteiger partial charge < -0.3 is 34.8 Å². The number of ketones is 1. The molecule has 0 aromatic carbocycles. The van der Waals surface area contributed by atoms with Crippen LogP contribution < -0.4 is 0 Å². The van der Waals surface area contributed by atoms with Crippen molar-refractivity contribution in [2.45, 2.75) is 173 Å². The van der Waals surface area contributed by atoms with E-state index in [1.165, 1.54) is 0 Å². The number of esters is 2. The number of hydrogen-bond acceptors (Lipinski definition) is 12. The van der Waals surface area contributed by atoms with Crippen LogP contribution in [0.2, 0.25) is 0 Å². The van der Waals surface area contributed by atoms with E-state index in [2.05, 4.69) is 54.8 Å². The monoisotopic (exact) mass is 842 g/mol. The van der Waals surface area contributed by atoms with Gasteiger partial charge in [-0.25, -0.2) is 4.57 Å². The Kier molecular flexibility index (Phi) is 31.6. The van der Waals surface area contributed by atoms with Gasteiger partial charge in [0.05, 0.1) is 32.0 Å². The lowest BCUT2D eigenvalue weighted by molar-refractivity contribution is -0.161. The number of aliphatic hydroxyl groups excluding tert-OH is 4. The van der Waals surface area contributed by atoms with Crippen molar-refractivity contribution in [1.29, 1.82) is 0 Å². The normalized spacial score (nSPS) is 20.1. The van der Waals surface area contributed by atoms with Crippen LogP contribution in [0, 0.1) is 11.8 Å². The van der Waals surface area contributed by atoms with Gasteiger partial charge >= 0.3 is 19.8 Å². The Hall–Kier alpha value is -2.48. The van der Waals surface area contributed by atoms with E-state index < -0.39 is 70.6 Å². The minimum atomic E-state index is -4.69. The molecular formula is C44H75O13P. The highest BCUT2D eigenvalue weighted by molar-refractivity contribution is 7.47. The number of carbonyl (C=O) groups is 3. The van der Waals surface area contributed by atoms with Crippen LogP contribution in [0.15, 0.2) is 48.6 Å². The number of Topliss-reactive ketones (excluding diaryl/α,β-unsaturated/α-hetero) is 1. The van der Waals surface area contributed by atoms with E-state index in [0.717, 1.165) is 83.5 Å². The van der Waals surface area contributed by atoms with Crippen molar-refractivity contribution < 1.29 is 62.8 Å². The van der Waals surface area contributed by atoms with E-state index in [1.807, 2.05) is 0 Å². The molecule has 0 heterocycles. The van der Waals surface area contributed by atoms with Gasteiger partial charge in [-0.3, -0.25) is 23.4 Å². The molecule has 0 amide bonds. The number of unbranched alkanes of at least 4 members (excludes halogenated alkanes) is 10. The van der Waals surface area contributed by atoms with Crippen LogP contribution in [-0.4, -0.2) is 93.9 Å². The second-order valence-electron chi connectivity index (χ2n) is 15.1. The SMILES string of the molecule is CC/C=C\C/C=C\C/C=C\CCCCCCCC(=O)OC[C@H](COP(=O)(O)OC[C@@H](O)CO)OC(=O)CCCCCC[C@H]1C(=O)C[C@@H](O)[C@@H]1/C=C/[C@@H](O)CCCCC. The molecule has 0 radical (unpaired) electrons. The largest absolute Gasteiger partial charge is 0.472 e. The number of ether oxygens (including phenoxy) is 2. The van der Waals surface area contributed by atoms with Gasteiger partial charge in [-0.05, 0) is 57.8 Å². The Morgan fingerprint density at radius 3 is 2.10 bits per heavy atom. The molecule has 1 aliphatic carbocycles. The van der Waals surface area contributed by atoms with E-state index in [4.69, 9.17) is 19.1 Å². The molecule has 5 N–H and O–H groups in total. The molecule has 0 aromatic heterocycles. The van der Waals surface area contributed by atoms with E-state index in [9.17, 15) is 39.2 Å². The highest BCUT2D eigenvalue weighted by Gasteiger charge is 2.39. The van der Waals surface area contributed by atoms with Crippen LogP contribution in [0.1, 0.15) is 149 Å². The quantitative estimate of drug-likeness (QED) is 0.0176. The summed E-state index contributed by atoms with van der Waals surface area (Å²) in [6.45, 7) is 1.86. The number of aliphatic hydroxyl groups is 4. The molecule has 1 fully saturated rings. The van der Waals surface area contributed by atoms with Crippen molar-refractivity contribution in [3.63, 3.8) is 0 Å². The fraction of sp³-hybridized carbons (Fsp3) is 0.750. The first kappa shape index (κ1) is 53.5. The zero-order valence-electron chi connectivity index (χ0n) is 35.2. The smallest absolute Gasteiger partial charge is 0.462 e. The maximum Gasteiger partial charge on any atom is 0.472 e. The third kappa shape index (κ3) is 28.1. The van der Waals surface area contributed by atoms with E-state index in [-0.39, 0.29) is 36.9 Å². The Labute approximate surface area is 347 Å². The summed E-state index contributed by atoms with van der Waals surface area (Å²) in [4.78, 5) is 47.8. The van der Waals surface area contributed by atoms with E-state index >= 15 is 0 Å². The van der Waals surface area contributed by atoms with Crippen LogP contribution >= 0.6 is 7.82 Å². The van der Waals surface area contributed by atoms with Gasteiger partial charge in [0.15, 0.2) is 6.10 Å². The Bertz CT molecular complexity index is 1270. The van der Waals surface area contributed by atoms with E-state index in [1.54, 1.807) is 12.2 Å². The van der Waals surface area contributed by atoms with E-state index in [0.29, 0.717) is 32.1 Å². The Balaban J connectivity index is 2.47. The maximum absolute atomic E-state index is 12.7. The lowest BCUT2D eigenvalue weighted by Gasteiger charge is -2.20. The molecule has 14 heteroatoms. The number of phosphoric ester groups is 1. The zero-order chi connectivity index (χ0) is 42.9. The van der Waals surface area contributed by atoms with Gasteiger partial charge in [-0.2, -0.15) is 0 Å². The van der Waals surface area contributed by atoms with Crippen molar-refractivity contribution in [3.8, 4) is 0 Å². The molecule has 1 unspecified atom stereocenters. The average Bonchev–Trinajstić information content (AvgIpc) is 3.47. The van der Waals surface area contributed by atoms with Crippen LogP contribution in [-0.2, 0) is 37.5 Å². The van der Waals surface area contributed by atoms with Crippen molar-refractivity contribution in [1.82, 2.24) is 0 Å². The van der Waals surface area contributed by atoms with Gasteiger partial charge in [-0.1, -0.05) is 120 Å². The van der Waals surface area contributed by atoms with Gasteiger partial charge in [0, 0.05) is 31.1 Å². The number of carbonyl (C=O) groups excluding carboxylic acids is 3. The second-order valence-corrected chi connectivity index (χ2v) is 16.6. The third-order valence-corrected chi connectivity index (χ3v) is 10.8. The van der Waals surface area contributed by atoms with Crippen LogP contribution in [0.3, 0.4) is 0 Å². The topological polar surface area (TPSA) is 206 Å². The molecular weight excluding hydrogens is 767 g/mol. The molecule has 7 atom stereocenters. The van der Waals surface area contributed by atoms with Crippen molar-refractivity contribution in [2.24, 2.45) is 11.8 Å². The van der Waals surface area contributed by atoms with Crippen LogP contribution in [0.25, 0.3) is 0 Å². The first-order chi connectivity index (χ1) is 27.9. The summed E-state index contributed by atoms with van der Waals surface area (Å²) < 4.78 is 32.7. The Morgan fingerprint density at radius 1 is 0.793 bits per heavy atom. The summed E-state index contributed by atoms with van der Waals surface area (Å²) >= 11 is 0. The molecule has 0 spiro atoms. The summed E-state index contributed by atoms with van der Waals surface area (Å²) in [6.07, 6.45) is 28.3. The van der Waals surface area contributed by atoms with Crippen LogP contribution in [0.5, 0.6) is 0 Å². The van der Waals surface area contributed by atoms with Crippen LogP contribution in [0.4, 0.5) is 0 Å². The van der Waals surface area contributed by atoms with Gasteiger partial charge in [0.2, 0.25) is 0 Å². The molecule has 0 saturated heterocycles. The molecule has 0 aliphatic heterocycles. The molecule has 1 saturated carbocycles. The summed E-state index contributed by atoms with van der Waals surface area (Å²) in [5.74, 6) is -1.72. The fourth-order valence-corrected chi connectivity index (χ4v) is 7.28. The molecule has 334 valence electrons. The van der Waals surface area contributed by atoms with Crippen molar-refractivity contribution in [3.05, 3.63) is 48.6 Å². The standard InChI is InChI=1S/C44H75O13P/c1-3-5-7-8-9-10-11-12-13-14-15-16-17-18-23-27-43(50)54-34-38(35-56-58(52,53)55-33-37(47)32-45)57-44(51)28-24-20-19-22-26-39-40(42(49)31-41(39)48)30-29-36(46)25-21-6-4-2/h5,7,9-10,12-13,29-30,36-40,42,45-47,49H,3-4,6,8,11,14-28,31-35H2,1-2H3,(H,52,53)/b7-5-,10-9-,13-12-,30-29+/t36-,37-,38+,39+,40+,42+/m0/s1. The van der Waals surface area contributed by atoms with Gasteiger partial charge in [-0.15, -0.1) is 0 Å². The molecule has 0 aromatic rings. The molecule has 1 rings (SSSR count). The predicted molar refractivity (Wildman–Crippen MR) is 225 cm³/mol. The number of allylic oxidation sites excluding steroid dienone is 6. The van der Waals surface area contributed by atoms with Crippen molar-refractivity contribution >= 4 is 25.5 Å². The first-order valence-corrected chi connectivity index (χ1v) is 23.2. The molecule has 0 bridgehead atoms. The minimum absolute atomic E-state index is 0.0206. The predicted octanol–water partition coefficient (Wildman–Crippen LogP) is 7.92. The zero-order valence-corrected chi connectivity index (χ0v) is 36.1. The Morgan fingerprint density at radius 2 is 1.41 bits per heavy atom. The van der Waals surface area contributed by atoms with Gasteiger partial charge in [0.1, 0.15) is 18.5 Å². The van der Waals surface area contributed by atoms with Crippen molar-refractivity contribution in [2.75, 3.05) is 26.4 Å². The lowest BCUT2D eigenvalue weighted by atomic mass is 9.88. The fourth-order valence-electron chi connectivity index (χ4n) is 6.49. The number of rotatable bonds is 36. The average molecular weight is 843 g/mol. The lowest BCUT2D eigenvalue weighted by Crippen LogP contribution is -2.29. The summed E-state index contributed by atoms with van der Waals surface area (Å²) in [7, 11) is -4.69. The number of hydrogen-bond donors (Lipinski definition) is 5. The molecule has 58 heavy (non-hydrogen) atoms. The highest BCUT2D eigenvalue weighted by Crippen LogP contribution is 2.43. The van der Waals surface area contributed by atoms with Gasteiger partial charge in [0.25, 0.3) is 0 Å². The minimum Gasteiger partial charge on any atom is -0.462 e. The highest BCUT2D eigenvalue weighted by atomic mass is 31.2. The molecule has 13 nitrogen and oxygen atoms in total. The number of phosphoric acid groups is 1. The summed E-state index contributed by atoms with van der Waals surface area (Å²) in [5, 5.41) is 39.1. The maximum atomic E-state index is 12.7. The first-order valence-electron chi connectivity index (χ1n) is 21.7. The summed E-state index contributed by atoms with van der Waals surface area (Å²) in [6, 6.07) is 0. The third-order valence-electron chi connectivity index (χ3n) is 9.86.